The van der Waals surface area contributed by atoms with Crippen LogP contribution in [0.1, 0.15) is 0 Å². The van der Waals surface area contributed by atoms with Crippen molar-refractivity contribution in [2.75, 3.05) is 0 Å². The van der Waals surface area contributed by atoms with Crippen LogP contribution in [0.5, 0.6) is 0 Å². The van der Waals surface area contributed by atoms with Crippen molar-refractivity contribution in [2.45, 2.75) is 0 Å². The molecule has 0 aliphatic rings. The van der Waals surface area contributed by atoms with Gasteiger partial charge < -0.3 is 4.42 Å². The molecule has 0 bridgehead atoms. The average molecular weight is 266 g/mol. The molecule has 0 spiro atoms. The summed E-state index contributed by atoms with van der Waals surface area (Å²) in [7, 11) is 0. The highest BCUT2D eigenvalue weighted by Gasteiger charge is 2.24. The molecule has 0 saturated carbocycles. The van der Waals surface area contributed by atoms with E-state index in [-0.39, 0.29) is 5.76 Å². The molecule has 3 rings (SSSR count). The number of fused-ring (bicyclic) bond motifs is 1. The molecule has 0 radical (unpaired) electrons. The van der Waals surface area contributed by atoms with E-state index in [0.29, 0.717) is 5.56 Å². The number of halogens is 4. The largest absolute Gasteiger partial charge is 0.453 e. The lowest BCUT2D eigenvalue weighted by atomic mass is 10.1. The Morgan fingerprint density at radius 3 is 2.05 bits per heavy atom. The van der Waals surface area contributed by atoms with Gasteiger partial charge in [0.2, 0.25) is 11.6 Å². The van der Waals surface area contributed by atoms with Gasteiger partial charge in [-0.05, 0) is 6.07 Å². The van der Waals surface area contributed by atoms with Crippen LogP contribution in [0.2, 0.25) is 0 Å². The number of benzene rings is 2. The first-order valence-corrected chi connectivity index (χ1v) is 5.40. The quantitative estimate of drug-likeness (QED) is 0.355. The van der Waals surface area contributed by atoms with Crippen molar-refractivity contribution in [1.29, 1.82) is 0 Å². The molecule has 0 saturated heterocycles. The topological polar surface area (TPSA) is 13.1 Å². The smallest absolute Gasteiger partial charge is 0.205 e. The molecule has 19 heavy (non-hydrogen) atoms. The zero-order valence-corrected chi connectivity index (χ0v) is 9.38. The molecule has 3 aromatic rings. The summed E-state index contributed by atoms with van der Waals surface area (Å²) in [6, 6.07) is 9.62. The second kappa shape index (κ2) is 4.12. The van der Waals surface area contributed by atoms with Gasteiger partial charge >= 0.3 is 0 Å². The fraction of sp³-hybridized carbons (Fsp3) is 0. The average Bonchev–Trinajstić information content (AvgIpc) is 2.89. The monoisotopic (exact) mass is 266 g/mol. The zero-order valence-electron chi connectivity index (χ0n) is 9.38. The van der Waals surface area contributed by atoms with E-state index in [0.717, 1.165) is 6.07 Å². The molecule has 1 heterocycles. The molecule has 0 aliphatic heterocycles. The zero-order chi connectivity index (χ0) is 13.6. The van der Waals surface area contributed by atoms with E-state index in [9.17, 15) is 17.6 Å². The molecule has 2 aromatic carbocycles. The SMILES string of the molecule is Fc1c(F)c(F)c2oc(-c3ccccc3)cc2c1F. The third kappa shape index (κ3) is 1.69. The molecule has 1 aromatic heterocycles. The minimum Gasteiger partial charge on any atom is -0.453 e. The second-order valence-corrected chi connectivity index (χ2v) is 3.98. The summed E-state index contributed by atoms with van der Waals surface area (Å²) in [4.78, 5) is 0. The first kappa shape index (κ1) is 11.8. The molecule has 96 valence electrons. The van der Waals surface area contributed by atoms with Crippen molar-refractivity contribution >= 4 is 11.0 Å². The molecule has 5 heteroatoms. The van der Waals surface area contributed by atoms with Gasteiger partial charge in [-0.1, -0.05) is 30.3 Å². The Balaban J connectivity index is 2.33. The predicted octanol–water partition coefficient (Wildman–Crippen LogP) is 4.66. The molecule has 0 unspecified atom stereocenters. The molecule has 0 N–H and O–H groups in total. The summed E-state index contributed by atoms with van der Waals surface area (Å²) < 4.78 is 58.3. The van der Waals surface area contributed by atoms with Gasteiger partial charge in [0, 0.05) is 5.56 Å². The van der Waals surface area contributed by atoms with E-state index >= 15 is 0 Å². The third-order valence-corrected chi connectivity index (χ3v) is 2.80. The minimum atomic E-state index is -1.88. The maximum absolute atomic E-state index is 13.5. The Labute approximate surface area is 105 Å². The lowest BCUT2D eigenvalue weighted by Gasteiger charge is -1.98. The standard InChI is InChI=1S/C14H6F4O/c15-10-8-6-9(7-4-2-1-3-5-7)19-14(8)13(18)12(17)11(10)16/h1-6H. The van der Waals surface area contributed by atoms with Gasteiger partial charge in [0.05, 0.1) is 5.39 Å². The Hall–Kier alpha value is -2.30. The van der Waals surface area contributed by atoms with Crippen molar-refractivity contribution in [3.63, 3.8) is 0 Å². The second-order valence-electron chi connectivity index (χ2n) is 3.98. The van der Waals surface area contributed by atoms with Crippen LogP contribution in [0.4, 0.5) is 17.6 Å². The predicted molar refractivity (Wildman–Crippen MR) is 61.5 cm³/mol. The van der Waals surface area contributed by atoms with Gasteiger partial charge in [-0.2, -0.15) is 4.39 Å². The molecular formula is C14H6F4O. The van der Waals surface area contributed by atoms with Gasteiger partial charge in [-0.15, -0.1) is 0 Å². The lowest BCUT2D eigenvalue weighted by Crippen LogP contribution is -1.95. The van der Waals surface area contributed by atoms with E-state index in [1.54, 1.807) is 30.3 Å². The highest BCUT2D eigenvalue weighted by Crippen LogP contribution is 2.33. The summed E-state index contributed by atoms with van der Waals surface area (Å²) in [6.07, 6.45) is 0. The van der Waals surface area contributed by atoms with Crippen LogP contribution in [0.3, 0.4) is 0 Å². The Morgan fingerprint density at radius 1 is 0.737 bits per heavy atom. The normalized spacial score (nSPS) is 11.2. The van der Waals surface area contributed by atoms with Crippen molar-refractivity contribution in [2.24, 2.45) is 0 Å². The van der Waals surface area contributed by atoms with Crippen molar-refractivity contribution in [3.8, 4) is 11.3 Å². The summed E-state index contributed by atoms with van der Waals surface area (Å²) in [5.41, 5.74) is -0.0754. The molecule has 0 fully saturated rings. The summed E-state index contributed by atoms with van der Waals surface area (Å²) in [5, 5.41) is -0.421. The van der Waals surface area contributed by atoms with Gasteiger partial charge in [0.1, 0.15) is 5.76 Å². The van der Waals surface area contributed by atoms with Crippen LogP contribution < -0.4 is 0 Å². The fourth-order valence-electron chi connectivity index (χ4n) is 1.87. The Kier molecular flexibility index (Phi) is 2.55. The number of rotatable bonds is 1. The maximum Gasteiger partial charge on any atom is 0.205 e. The lowest BCUT2D eigenvalue weighted by molar-refractivity contribution is 0.411. The van der Waals surface area contributed by atoms with E-state index < -0.39 is 34.2 Å². The highest BCUT2D eigenvalue weighted by molar-refractivity contribution is 5.84. The highest BCUT2D eigenvalue weighted by atomic mass is 19.2. The third-order valence-electron chi connectivity index (χ3n) is 2.80. The Morgan fingerprint density at radius 2 is 1.37 bits per heavy atom. The first-order valence-electron chi connectivity index (χ1n) is 5.40. The summed E-state index contributed by atoms with van der Waals surface area (Å²) in [6.45, 7) is 0. The molecule has 1 nitrogen and oxygen atoms in total. The van der Waals surface area contributed by atoms with Crippen LogP contribution in [0.15, 0.2) is 40.8 Å². The van der Waals surface area contributed by atoms with Crippen molar-refractivity contribution in [3.05, 3.63) is 59.7 Å². The number of furan rings is 1. The number of hydrogen-bond donors (Lipinski definition) is 0. The molecular weight excluding hydrogens is 260 g/mol. The fourth-order valence-corrected chi connectivity index (χ4v) is 1.87. The van der Waals surface area contributed by atoms with Gasteiger partial charge in [0.25, 0.3) is 0 Å². The van der Waals surface area contributed by atoms with Crippen molar-refractivity contribution in [1.82, 2.24) is 0 Å². The first-order chi connectivity index (χ1) is 9.09. The minimum absolute atomic E-state index is 0.137. The number of hydrogen-bond acceptors (Lipinski definition) is 1. The van der Waals surface area contributed by atoms with E-state index in [1.165, 1.54) is 0 Å². The van der Waals surface area contributed by atoms with Crippen LogP contribution in [0.25, 0.3) is 22.3 Å². The van der Waals surface area contributed by atoms with Gasteiger partial charge in [0.15, 0.2) is 17.2 Å². The van der Waals surface area contributed by atoms with Gasteiger partial charge in [-0.25, -0.2) is 13.2 Å². The maximum atomic E-state index is 13.5. The summed E-state index contributed by atoms with van der Waals surface area (Å²) in [5.74, 6) is -6.57. The van der Waals surface area contributed by atoms with E-state index in [1.807, 2.05) is 0 Å². The van der Waals surface area contributed by atoms with Gasteiger partial charge in [-0.3, -0.25) is 0 Å². The van der Waals surface area contributed by atoms with Crippen LogP contribution in [0, 0.1) is 23.3 Å². The van der Waals surface area contributed by atoms with E-state index in [2.05, 4.69) is 0 Å². The molecule has 0 amide bonds. The van der Waals surface area contributed by atoms with E-state index in [4.69, 9.17) is 4.42 Å². The summed E-state index contributed by atoms with van der Waals surface area (Å²) >= 11 is 0. The van der Waals surface area contributed by atoms with Crippen LogP contribution in [-0.2, 0) is 0 Å². The Bertz CT molecular complexity index is 717. The van der Waals surface area contributed by atoms with Crippen LogP contribution in [-0.4, -0.2) is 0 Å². The van der Waals surface area contributed by atoms with Crippen LogP contribution >= 0.6 is 0 Å². The van der Waals surface area contributed by atoms with Crippen molar-refractivity contribution < 1.29 is 22.0 Å². The molecule has 0 aliphatic carbocycles. The molecule has 0 atom stereocenters.